The molecule has 17 heavy (non-hydrogen) atoms. The first-order valence-corrected chi connectivity index (χ1v) is 5.29. The van der Waals surface area contributed by atoms with E-state index < -0.39 is 5.97 Å². The fraction of sp³-hybridized carbons (Fsp3) is 0.455. The van der Waals surface area contributed by atoms with Crippen molar-refractivity contribution in [3.05, 3.63) is 24.0 Å². The molecule has 0 spiro atoms. The number of aromatic carboxylic acids is 1. The van der Waals surface area contributed by atoms with E-state index in [9.17, 15) is 4.79 Å². The Morgan fingerprint density at radius 1 is 1.29 bits per heavy atom. The van der Waals surface area contributed by atoms with Gasteiger partial charge in [-0.25, -0.2) is 9.78 Å². The van der Waals surface area contributed by atoms with E-state index in [2.05, 4.69) is 21.8 Å². The Kier molecular flexibility index (Phi) is 5.00. The van der Waals surface area contributed by atoms with Gasteiger partial charge in [0.25, 0.3) is 0 Å². The van der Waals surface area contributed by atoms with E-state index in [-0.39, 0.29) is 24.6 Å². The third kappa shape index (κ3) is 3.47. The number of rotatable bonds is 2. The minimum absolute atomic E-state index is 0. The molecule has 0 aliphatic carbocycles. The predicted molar refractivity (Wildman–Crippen MR) is 68.1 cm³/mol. The van der Waals surface area contributed by atoms with Gasteiger partial charge in [0.1, 0.15) is 5.69 Å². The molecule has 2 rings (SSSR count). The molecule has 1 N–H and O–H groups in total. The van der Waals surface area contributed by atoms with Crippen molar-refractivity contribution in [2.75, 3.05) is 38.1 Å². The van der Waals surface area contributed by atoms with Gasteiger partial charge in [0, 0.05) is 26.2 Å². The second kappa shape index (κ2) is 6.06. The molecular weight excluding hydrogens is 213 g/mol. The summed E-state index contributed by atoms with van der Waals surface area (Å²) in [6, 6.07) is 3.37. The topological polar surface area (TPSA) is 56.7 Å². The van der Waals surface area contributed by atoms with Gasteiger partial charge in [-0.15, -0.1) is 0 Å². The van der Waals surface area contributed by atoms with Crippen LogP contribution in [0.3, 0.4) is 0 Å². The van der Waals surface area contributed by atoms with Crippen LogP contribution in [0.25, 0.3) is 0 Å². The number of aromatic nitrogens is 1. The van der Waals surface area contributed by atoms with E-state index in [0.717, 1.165) is 31.9 Å². The monoisotopic (exact) mass is 229 g/mol. The summed E-state index contributed by atoms with van der Waals surface area (Å²) in [5.41, 5.74) is 1.09. The molecule has 1 fully saturated rings. The molecular formula is C11H16LiN3O2. The third-order valence-electron chi connectivity index (χ3n) is 2.84. The number of carboxylic acids is 1. The number of anilines is 1. The molecule has 1 aromatic rings. The SMILES string of the molecule is CN1CCN(c2ccc(C(=O)O)nc2)CC1.[LiH]. The molecule has 0 radical (unpaired) electrons. The van der Waals surface area contributed by atoms with Gasteiger partial charge >= 0.3 is 24.8 Å². The maximum absolute atomic E-state index is 10.6. The molecule has 1 aliphatic rings. The van der Waals surface area contributed by atoms with Crippen LogP contribution < -0.4 is 4.90 Å². The van der Waals surface area contributed by atoms with Crippen molar-refractivity contribution in [3.63, 3.8) is 0 Å². The summed E-state index contributed by atoms with van der Waals surface area (Å²) in [5, 5.41) is 8.74. The van der Waals surface area contributed by atoms with Gasteiger partial charge in [0.15, 0.2) is 0 Å². The van der Waals surface area contributed by atoms with Crippen LogP contribution >= 0.6 is 0 Å². The number of likely N-dealkylation sites (N-methyl/N-ethyl adjacent to an activating group) is 1. The van der Waals surface area contributed by atoms with E-state index in [1.54, 1.807) is 12.3 Å². The first-order chi connectivity index (χ1) is 7.66. The number of carbonyl (C=O) groups is 1. The van der Waals surface area contributed by atoms with Crippen molar-refractivity contribution in [1.82, 2.24) is 9.88 Å². The zero-order chi connectivity index (χ0) is 11.5. The van der Waals surface area contributed by atoms with Crippen LogP contribution in [0.1, 0.15) is 10.5 Å². The van der Waals surface area contributed by atoms with Gasteiger partial charge in [-0.1, -0.05) is 0 Å². The van der Waals surface area contributed by atoms with Crippen LogP contribution in [-0.2, 0) is 0 Å². The van der Waals surface area contributed by atoms with Gasteiger partial charge in [0.2, 0.25) is 0 Å². The first kappa shape index (κ1) is 14.0. The molecule has 0 unspecified atom stereocenters. The van der Waals surface area contributed by atoms with Crippen molar-refractivity contribution in [3.8, 4) is 0 Å². The Hall–Kier alpha value is -1.02. The zero-order valence-corrected chi connectivity index (χ0v) is 9.26. The van der Waals surface area contributed by atoms with Gasteiger partial charge in [-0.05, 0) is 19.2 Å². The summed E-state index contributed by atoms with van der Waals surface area (Å²) in [4.78, 5) is 19.1. The Labute approximate surface area is 113 Å². The molecule has 1 aromatic heterocycles. The summed E-state index contributed by atoms with van der Waals surface area (Å²) in [7, 11) is 2.10. The quantitative estimate of drug-likeness (QED) is 0.717. The van der Waals surface area contributed by atoms with E-state index >= 15 is 0 Å². The molecule has 0 amide bonds. The van der Waals surface area contributed by atoms with E-state index in [0.29, 0.717) is 0 Å². The van der Waals surface area contributed by atoms with Crippen LogP contribution in [-0.4, -0.2) is 73.0 Å². The normalized spacial score (nSPS) is 16.4. The van der Waals surface area contributed by atoms with Gasteiger partial charge < -0.3 is 14.9 Å². The fourth-order valence-corrected chi connectivity index (χ4v) is 1.76. The second-order valence-corrected chi connectivity index (χ2v) is 4.00. The number of nitrogens with zero attached hydrogens (tertiary/aromatic N) is 3. The van der Waals surface area contributed by atoms with Crippen LogP contribution in [0.5, 0.6) is 0 Å². The molecule has 6 heteroatoms. The number of pyridine rings is 1. The maximum atomic E-state index is 10.6. The molecule has 5 nitrogen and oxygen atoms in total. The number of hydrogen-bond donors (Lipinski definition) is 1. The molecule has 0 bridgehead atoms. The molecule has 1 aliphatic heterocycles. The number of carboxylic acid groups (broad SMARTS) is 1. The Morgan fingerprint density at radius 2 is 1.94 bits per heavy atom. The predicted octanol–water partition coefficient (Wildman–Crippen LogP) is -0.117. The van der Waals surface area contributed by atoms with E-state index in [1.165, 1.54) is 0 Å². The van der Waals surface area contributed by atoms with Gasteiger partial charge in [-0.2, -0.15) is 0 Å². The van der Waals surface area contributed by atoms with Crippen LogP contribution in [0.15, 0.2) is 18.3 Å². The summed E-state index contributed by atoms with van der Waals surface area (Å²) in [6.45, 7) is 3.98. The number of piperazine rings is 1. The molecule has 0 aromatic carbocycles. The summed E-state index contributed by atoms with van der Waals surface area (Å²) in [5.74, 6) is -0.982. The van der Waals surface area contributed by atoms with Crippen LogP contribution in [0.2, 0.25) is 0 Å². The van der Waals surface area contributed by atoms with Crippen molar-refractivity contribution in [2.24, 2.45) is 0 Å². The minimum atomic E-state index is -0.982. The summed E-state index contributed by atoms with van der Waals surface area (Å²) >= 11 is 0. The average molecular weight is 229 g/mol. The molecule has 1 saturated heterocycles. The van der Waals surface area contributed by atoms with Crippen molar-refractivity contribution in [2.45, 2.75) is 0 Å². The van der Waals surface area contributed by atoms with Crippen LogP contribution in [0.4, 0.5) is 5.69 Å². The third-order valence-corrected chi connectivity index (χ3v) is 2.84. The second-order valence-electron chi connectivity index (χ2n) is 4.00. The van der Waals surface area contributed by atoms with Gasteiger partial charge in [-0.3, -0.25) is 0 Å². The van der Waals surface area contributed by atoms with Gasteiger partial charge in [0.05, 0.1) is 11.9 Å². The van der Waals surface area contributed by atoms with Crippen molar-refractivity contribution < 1.29 is 9.90 Å². The Bertz CT molecular complexity index is 375. The van der Waals surface area contributed by atoms with Crippen LogP contribution in [0, 0.1) is 0 Å². The Morgan fingerprint density at radius 3 is 2.41 bits per heavy atom. The Balaban J connectivity index is 0.00000144. The fourth-order valence-electron chi connectivity index (χ4n) is 1.76. The average Bonchev–Trinajstić information content (AvgIpc) is 2.30. The summed E-state index contributed by atoms with van der Waals surface area (Å²) in [6.07, 6.45) is 1.63. The molecule has 88 valence electrons. The van der Waals surface area contributed by atoms with E-state index in [4.69, 9.17) is 5.11 Å². The standard InChI is InChI=1S/C11H15N3O2.Li.H/c1-13-4-6-14(7-5-13)9-2-3-10(11(15)16)12-8-9;;/h2-3,8H,4-7H2,1H3,(H,15,16);;. The van der Waals surface area contributed by atoms with E-state index in [1.807, 2.05) is 6.07 Å². The summed E-state index contributed by atoms with van der Waals surface area (Å²) < 4.78 is 0. The first-order valence-electron chi connectivity index (χ1n) is 5.29. The molecule has 2 heterocycles. The molecule has 0 saturated carbocycles. The van der Waals surface area contributed by atoms with Crippen molar-refractivity contribution in [1.29, 1.82) is 0 Å². The molecule has 0 atom stereocenters. The zero-order valence-electron chi connectivity index (χ0n) is 9.26. The van der Waals surface area contributed by atoms with Crippen molar-refractivity contribution >= 4 is 30.5 Å². The number of hydrogen-bond acceptors (Lipinski definition) is 4.